The van der Waals surface area contributed by atoms with E-state index in [1.165, 1.54) is 25.7 Å². The third-order valence-corrected chi connectivity index (χ3v) is 2.95. The number of rotatable bonds is 5. The van der Waals surface area contributed by atoms with Crippen LogP contribution >= 0.6 is 0 Å². The fourth-order valence-corrected chi connectivity index (χ4v) is 1.71. The van der Waals surface area contributed by atoms with Crippen molar-refractivity contribution < 1.29 is 0 Å². The molecule has 0 aromatic rings. The molecular weight excluding hydrogens is 132 g/mol. The molecule has 0 rings (SSSR count). The highest BCUT2D eigenvalue weighted by Crippen LogP contribution is 2.34. The highest BCUT2D eigenvalue weighted by molar-refractivity contribution is 4.74. The normalized spacial score (nSPS) is 15.0. The third kappa shape index (κ3) is 3.79. The van der Waals surface area contributed by atoms with E-state index in [4.69, 9.17) is 0 Å². The summed E-state index contributed by atoms with van der Waals surface area (Å²) in [4.78, 5) is 0. The van der Waals surface area contributed by atoms with Crippen LogP contribution in [0.5, 0.6) is 0 Å². The van der Waals surface area contributed by atoms with E-state index in [0.29, 0.717) is 5.41 Å². The van der Waals surface area contributed by atoms with Gasteiger partial charge in [-0.1, -0.05) is 53.9 Å². The molecule has 0 heteroatoms. The number of hydrogen-bond donors (Lipinski definition) is 0. The van der Waals surface area contributed by atoms with E-state index in [0.717, 1.165) is 5.92 Å². The Labute approximate surface area is 72.4 Å². The van der Waals surface area contributed by atoms with E-state index in [1.54, 1.807) is 0 Å². The summed E-state index contributed by atoms with van der Waals surface area (Å²) in [5.74, 6) is 0.882. The van der Waals surface area contributed by atoms with Gasteiger partial charge in [-0.15, -0.1) is 0 Å². The SMILES string of the molecule is CCCC(C)C(C)(C)CCC. The first kappa shape index (κ1) is 11.0. The standard InChI is InChI=1S/C11H24/c1-6-8-10(3)11(4,5)9-7-2/h10H,6-9H2,1-5H3. The highest BCUT2D eigenvalue weighted by Gasteiger charge is 2.23. The Hall–Kier alpha value is 0. The van der Waals surface area contributed by atoms with Crippen LogP contribution in [0.25, 0.3) is 0 Å². The first-order chi connectivity index (χ1) is 5.04. The minimum absolute atomic E-state index is 0.560. The molecule has 0 saturated heterocycles. The van der Waals surface area contributed by atoms with Gasteiger partial charge in [0.15, 0.2) is 0 Å². The van der Waals surface area contributed by atoms with Gasteiger partial charge in [-0.2, -0.15) is 0 Å². The van der Waals surface area contributed by atoms with Crippen molar-refractivity contribution in [2.45, 2.75) is 60.3 Å². The lowest BCUT2D eigenvalue weighted by molar-refractivity contribution is 0.197. The van der Waals surface area contributed by atoms with Crippen molar-refractivity contribution in [1.82, 2.24) is 0 Å². The second-order valence-corrected chi connectivity index (χ2v) is 4.43. The average molecular weight is 156 g/mol. The van der Waals surface area contributed by atoms with E-state index >= 15 is 0 Å². The van der Waals surface area contributed by atoms with Gasteiger partial charge in [0.1, 0.15) is 0 Å². The third-order valence-electron chi connectivity index (χ3n) is 2.95. The summed E-state index contributed by atoms with van der Waals surface area (Å²) in [5.41, 5.74) is 0.560. The molecule has 0 aliphatic heterocycles. The van der Waals surface area contributed by atoms with Crippen LogP contribution in [0, 0.1) is 11.3 Å². The Morgan fingerprint density at radius 1 is 1.09 bits per heavy atom. The lowest BCUT2D eigenvalue weighted by atomic mass is 9.75. The molecule has 0 fully saturated rings. The van der Waals surface area contributed by atoms with Gasteiger partial charge in [0, 0.05) is 0 Å². The van der Waals surface area contributed by atoms with E-state index in [9.17, 15) is 0 Å². The van der Waals surface area contributed by atoms with Gasteiger partial charge in [0.2, 0.25) is 0 Å². The minimum atomic E-state index is 0.560. The molecule has 0 amide bonds. The lowest BCUT2D eigenvalue weighted by Gasteiger charge is -2.31. The highest BCUT2D eigenvalue weighted by atomic mass is 14.3. The zero-order valence-corrected chi connectivity index (χ0v) is 8.91. The second-order valence-electron chi connectivity index (χ2n) is 4.43. The molecule has 0 heterocycles. The Kier molecular flexibility index (Phi) is 4.79. The fraction of sp³-hybridized carbons (Fsp3) is 1.00. The molecule has 0 aromatic heterocycles. The Balaban J connectivity index is 3.83. The average Bonchev–Trinajstić information content (AvgIpc) is 1.88. The molecule has 0 radical (unpaired) electrons. The Morgan fingerprint density at radius 3 is 2.00 bits per heavy atom. The van der Waals surface area contributed by atoms with Gasteiger partial charge >= 0.3 is 0 Å². The molecule has 0 N–H and O–H groups in total. The molecule has 0 aromatic carbocycles. The van der Waals surface area contributed by atoms with Gasteiger partial charge in [0.25, 0.3) is 0 Å². The molecule has 0 saturated carbocycles. The monoisotopic (exact) mass is 156 g/mol. The van der Waals surface area contributed by atoms with Gasteiger partial charge in [0.05, 0.1) is 0 Å². The summed E-state index contributed by atoms with van der Waals surface area (Å²) in [6.45, 7) is 11.7. The van der Waals surface area contributed by atoms with E-state index < -0.39 is 0 Å². The van der Waals surface area contributed by atoms with Crippen LogP contribution in [-0.2, 0) is 0 Å². The maximum Gasteiger partial charge on any atom is -0.0329 e. The maximum atomic E-state index is 2.40. The topological polar surface area (TPSA) is 0 Å². The van der Waals surface area contributed by atoms with Crippen molar-refractivity contribution in [1.29, 1.82) is 0 Å². The zero-order chi connectivity index (χ0) is 8.91. The quantitative estimate of drug-likeness (QED) is 0.558. The smallest absolute Gasteiger partial charge is 0.0329 e. The maximum absolute atomic E-state index is 2.40. The van der Waals surface area contributed by atoms with Crippen LogP contribution < -0.4 is 0 Å². The van der Waals surface area contributed by atoms with Crippen molar-refractivity contribution in [3.63, 3.8) is 0 Å². The fourth-order valence-electron chi connectivity index (χ4n) is 1.71. The summed E-state index contributed by atoms with van der Waals surface area (Å²) in [5, 5.41) is 0. The van der Waals surface area contributed by atoms with Crippen molar-refractivity contribution in [3.05, 3.63) is 0 Å². The van der Waals surface area contributed by atoms with Crippen LogP contribution in [-0.4, -0.2) is 0 Å². The van der Waals surface area contributed by atoms with Gasteiger partial charge in [-0.25, -0.2) is 0 Å². The van der Waals surface area contributed by atoms with Crippen molar-refractivity contribution in [3.8, 4) is 0 Å². The minimum Gasteiger partial charge on any atom is -0.0654 e. The van der Waals surface area contributed by atoms with Gasteiger partial charge in [-0.3, -0.25) is 0 Å². The van der Waals surface area contributed by atoms with Crippen LogP contribution in [0.2, 0.25) is 0 Å². The summed E-state index contributed by atoms with van der Waals surface area (Å²) >= 11 is 0. The predicted molar refractivity (Wildman–Crippen MR) is 52.8 cm³/mol. The Morgan fingerprint density at radius 2 is 1.64 bits per heavy atom. The lowest BCUT2D eigenvalue weighted by Crippen LogP contribution is -2.21. The Bertz CT molecular complexity index is 92.2. The van der Waals surface area contributed by atoms with Crippen molar-refractivity contribution >= 4 is 0 Å². The van der Waals surface area contributed by atoms with Crippen molar-refractivity contribution in [2.24, 2.45) is 11.3 Å². The largest absolute Gasteiger partial charge is 0.0654 e. The van der Waals surface area contributed by atoms with Crippen LogP contribution in [0.4, 0.5) is 0 Å². The van der Waals surface area contributed by atoms with E-state index in [2.05, 4.69) is 34.6 Å². The molecule has 11 heavy (non-hydrogen) atoms. The molecule has 1 unspecified atom stereocenters. The van der Waals surface area contributed by atoms with Gasteiger partial charge < -0.3 is 0 Å². The molecule has 0 aliphatic carbocycles. The van der Waals surface area contributed by atoms with Crippen molar-refractivity contribution in [2.75, 3.05) is 0 Å². The predicted octanol–water partition coefficient (Wildman–Crippen LogP) is 4.25. The molecule has 0 bridgehead atoms. The summed E-state index contributed by atoms with van der Waals surface area (Å²) in [7, 11) is 0. The molecule has 68 valence electrons. The van der Waals surface area contributed by atoms with E-state index in [-0.39, 0.29) is 0 Å². The molecular formula is C11H24. The summed E-state index contributed by atoms with van der Waals surface area (Å²) in [6, 6.07) is 0. The zero-order valence-electron chi connectivity index (χ0n) is 8.91. The van der Waals surface area contributed by atoms with Crippen LogP contribution in [0.1, 0.15) is 60.3 Å². The second kappa shape index (κ2) is 4.79. The first-order valence-electron chi connectivity index (χ1n) is 5.04. The first-order valence-corrected chi connectivity index (χ1v) is 5.04. The van der Waals surface area contributed by atoms with Crippen LogP contribution in [0.3, 0.4) is 0 Å². The van der Waals surface area contributed by atoms with Gasteiger partial charge in [-0.05, 0) is 17.8 Å². The number of hydrogen-bond acceptors (Lipinski definition) is 0. The molecule has 0 aliphatic rings. The molecule has 1 atom stereocenters. The summed E-state index contributed by atoms with van der Waals surface area (Å²) in [6.07, 6.45) is 5.40. The van der Waals surface area contributed by atoms with E-state index in [1.807, 2.05) is 0 Å². The molecule has 0 nitrogen and oxygen atoms in total. The molecule has 0 spiro atoms. The van der Waals surface area contributed by atoms with Crippen LogP contribution in [0.15, 0.2) is 0 Å². The summed E-state index contributed by atoms with van der Waals surface area (Å²) < 4.78 is 0.